The first-order valence-electron chi connectivity index (χ1n) is 4.63. The topological polar surface area (TPSA) is 52.6 Å². The molecule has 0 aromatic carbocycles. The van der Waals surface area contributed by atoms with Crippen LogP contribution in [0.4, 0.5) is 0 Å². The number of rotatable bonds is 6. The normalized spacial score (nSPS) is 11.3. The zero-order valence-corrected chi connectivity index (χ0v) is 9.12. The van der Waals surface area contributed by atoms with Gasteiger partial charge in [0.15, 0.2) is 0 Å². The lowest BCUT2D eigenvalue weighted by molar-refractivity contribution is -0.145. The minimum Gasteiger partial charge on any atom is -0.462 e. The maximum atomic E-state index is 11.1. The highest BCUT2D eigenvalue weighted by Gasteiger charge is 2.10. The van der Waals surface area contributed by atoms with Crippen LogP contribution in [0.25, 0.3) is 0 Å². The quantitative estimate of drug-likeness (QED) is 0.496. The molecule has 0 spiro atoms. The van der Waals surface area contributed by atoms with Crippen LogP contribution in [0, 0.1) is 0 Å². The molecule has 0 aliphatic heterocycles. The molecule has 0 radical (unpaired) electrons. The van der Waals surface area contributed by atoms with E-state index in [0.29, 0.717) is 12.0 Å². The summed E-state index contributed by atoms with van der Waals surface area (Å²) in [5, 5.41) is 0. The molecule has 0 aliphatic rings. The van der Waals surface area contributed by atoms with Crippen molar-refractivity contribution in [2.24, 2.45) is 0 Å². The standard InChI is InChI=1S/C11H16O4/c1-5-10(12)14-7-6-9(4)15-11(13)8(2)3/h5,9H,1-2,6-7H2,3-4H3. The minimum atomic E-state index is -0.478. The summed E-state index contributed by atoms with van der Waals surface area (Å²) in [6, 6.07) is 0. The fraction of sp³-hybridized carbons (Fsp3) is 0.455. The van der Waals surface area contributed by atoms with Gasteiger partial charge in [-0.3, -0.25) is 0 Å². The molecule has 0 saturated heterocycles. The first-order valence-corrected chi connectivity index (χ1v) is 4.63. The summed E-state index contributed by atoms with van der Waals surface area (Å²) in [4.78, 5) is 21.7. The summed E-state index contributed by atoms with van der Waals surface area (Å²) >= 11 is 0. The number of hydrogen-bond donors (Lipinski definition) is 0. The number of esters is 2. The van der Waals surface area contributed by atoms with Gasteiger partial charge in [-0.05, 0) is 13.8 Å². The van der Waals surface area contributed by atoms with Crippen LogP contribution in [0.15, 0.2) is 24.8 Å². The predicted molar refractivity (Wildman–Crippen MR) is 56.1 cm³/mol. The lowest BCUT2D eigenvalue weighted by Crippen LogP contribution is -2.17. The van der Waals surface area contributed by atoms with Gasteiger partial charge in [0.2, 0.25) is 0 Å². The van der Waals surface area contributed by atoms with E-state index in [2.05, 4.69) is 13.2 Å². The van der Waals surface area contributed by atoms with Crippen LogP contribution in [0.1, 0.15) is 20.3 Å². The fourth-order valence-corrected chi connectivity index (χ4v) is 0.727. The van der Waals surface area contributed by atoms with Crippen LogP contribution in [0.3, 0.4) is 0 Å². The van der Waals surface area contributed by atoms with E-state index >= 15 is 0 Å². The molecule has 0 N–H and O–H groups in total. The average molecular weight is 212 g/mol. The highest BCUT2D eigenvalue weighted by atomic mass is 16.6. The zero-order chi connectivity index (χ0) is 11.8. The molecular formula is C11H16O4. The highest BCUT2D eigenvalue weighted by molar-refractivity contribution is 5.87. The van der Waals surface area contributed by atoms with Gasteiger partial charge in [-0.2, -0.15) is 0 Å². The second kappa shape index (κ2) is 6.81. The van der Waals surface area contributed by atoms with E-state index in [0.717, 1.165) is 6.08 Å². The Bertz CT molecular complexity index is 268. The zero-order valence-electron chi connectivity index (χ0n) is 9.12. The van der Waals surface area contributed by atoms with Gasteiger partial charge in [0, 0.05) is 18.1 Å². The SMILES string of the molecule is C=CC(=O)OCCC(C)OC(=O)C(=C)C. The molecule has 0 saturated carbocycles. The third-order valence-corrected chi connectivity index (χ3v) is 1.59. The van der Waals surface area contributed by atoms with Gasteiger partial charge in [-0.15, -0.1) is 0 Å². The Balaban J connectivity index is 3.70. The third kappa shape index (κ3) is 6.49. The summed E-state index contributed by atoms with van der Waals surface area (Å²) in [5.41, 5.74) is 0.352. The first kappa shape index (κ1) is 13.4. The second-order valence-electron chi connectivity index (χ2n) is 3.16. The van der Waals surface area contributed by atoms with Crippen molar-refractivity contribution >= 4 is 11.9 Å². The van der Waals surface area contributed by atoms with Crippen LogP contribution in [0.2, 0.25) is 0 Å². The Labute approximate surface area is 89.6 Å². The Hall–Kier alpha value is -1.58. The molecule has 4 heteroatoms. The summed E-state index contributed by atoms with van der Waals surface area (Å²) in [5.74, 6) is -0.911. The highest BCUT2D eigenvalue weighted by Crippen LogP contribution is 2.02. The summed E-state index contributed by atoms with van der Waals surface area (Å²) in [6.45, 7) is 10.2. The van der Waals surface area contributed by atoms with Crippen molar-refractivity contribution in [1.29, 1.82) is 0 Å². The van der Waals surface area contributed by atoms with Crippen molar-refractivity contribution in [3.8, 4) is 0 Å². The van der Waals surface area contributed by atoms with Crippen LogP contribution < -0.4 is 0 Å². The van der Waals surface area contributed by atoms with Crippen molar-refractivity contribution in [3.63, 3.8) is 0 Å². The number of carbonyl (C=O) groups excluding carboxylic acids is 2. The molecule has 0 rings (SSSR count). The molecule has 0 bridgehead atoms. The molecule has 0 fully saturated rings. The lowest BCUT2D eigenvalue weighted by atomic mass is 10.3. The van der Waals surface area contributed by atoms with Gasteiger partial charge < -0.3 is 9.47 Å². The van der Waals surface area contributed by atoms with Gasteiger partial charge in [-0.1, -0.05) is 13.2 Å². The summed E-state index contributed by atoms with van der Waals surface area (Å²) in [6.07, 6.45) is 1.25. The number of ether oxygens (including phenoxy) is 2. The molecule has 15 heavy (non-hydrogen) atoms. The molecule has 0 aliphatic carbocycles. The Morgan fingerprint density at radius 2 is 2.07 bits per heavy atom. The van der Waals surface area contributed by atoms with Gasteiger partial charge in [-0.25, -0.2) is 9.59 Å². The van der Waals surface area contributed by atoms with E-state index in [1.54, 1.807) is 13.8 Å². The predicted octanol–water partition coefficient (Wildman–Crippen LogP) is 1.61. The van der Waals surface area contributed by atoms with Crippen LogP contribution in [-0.2, 0) is 19.1 Å². The Kier molecular flexibility index (Phi) is 6.09. The Morgan fingerprint density at radius 1 is 1.47 bits per heavy atom. The first-order chi connectivity index (χ1) is 6.97. The molecule has 0 aromatic rings. The summed E-state index contributed by atoms with van der Waals surface area (Å²) in [7, 11) is 0. The average Bonchev–Trinajstić information content (AvgIpc) is 2.17. The van der Waals surface area contributed by atoms with Crippen LogP contribution in [0.5, 0.6) is 0 Å². The maximum absolute atomic E-state index is 11.1. The summed E-state index contributed by atoms with van der Waals surface area (Å²) < 4.78 is 9.70. The molecular weight excluding hydrogens is 196 g/mol. The van der Waals surface area contributed by atoms with Gasteiger partial charge in [0.05, 0.1) is 6.61 Å². The molecule has 0 heterocycles. The van der Waals surface area contributed by atoms with Gasteiger partial charge in [0.25, 0.3) is 0 Å². The molecule has 84 valence electrons. The van der Waals surface area contributed by atoms with E-state index < -0.39 is 11.9 Å². The van der Waals surface area contributed by atoms with Gasteiger partial charge >= 0.3 is 11.9 Å². The molecule has 1 atom stereocenters. The maximum Gasteiger partial charge on any atom is 0.333 e. The van der Waals surface area contributed by atoms with E-state index in [-0.39, 0.29) is 12.7 Å². The van der Waals surface area contributed by atoms with Crippen molar-refractivity contribution in [2.75, 3.05) is 6.61 Å². The smallest absolute Gasteiger partial charge is 0.333 e. The molecule has 0 aromatic heterocycles. The molecule has 4 nitrogen and oxygen atoms in total. The second-order valence-corrected chi connectivity index (χ2v) is 3.16. The van der Waals surface area contributed by atoms with Crippen LogP contribution >= 0.6 is 0 Å². The minimum absolute atomic E-state index is 0.204. The van der Waals surface area contributed by atoms with E-state index in [1.807, 2.05) is 0 Å². The van der Waals surface area contributed by atoms with Crippen molar-refractivity contribution in [2.45, 2.75) is 26.4 Å². The number of carbonyl (C=O) groups is 2. The van der Waals surface area contributed by atoms with Crippen LogP contribution in [-0.4, -0.2) is 24.6 Å². The Morgan fingerprint density at radius 3 is 2.53 bits per heavy atom. The van der Waals surface area contributed by atoms with Crippen molar-refractivity contribution in [3.05, 3.63) is 24.8 Å². The van der Waals surface area contributed by atoms with Crippen molar-refractivity contribution < 1.29 is 19.1 Å². The van der Waals surface area contributed by atoms with E-state index in [1.165, 1.54) is 0 Å². The number of hydrogen-bond acceptors (Lipinski definition) is 4. The lowest BCUT2D eigenvalue weighted by Gasteiger charge is -2.12. The fourth-order valence-electron chi connectivity index (χ4n) is 0.727. The largest absolute Gasteiger partial charge is 0.462 e. The monoisotopic (exact) mass is 212 g/mol. The molecule has 0 amide bonds. The molecule has 1 unspecified atom stereocenters. The third-order valence-electron chi connectivity index (χ3n) is 1.59. The van der Waals surface area contributed by atoms with E-state index in [9.17, 15) is 9.59 Å². The van der Waals surface area contributed by atoms with Gasteiger partial charge in [0.1, 0.15) is 6.10 Å². The van der Waals surface area contributed by atoms with Crippen molar-refractivity contribution in [1.82, 2.24) is 0 Å². The van der Waals surface area contributed by atoms with E-state index in [4.69, 9.17) is 9.47 Å².